The summed E-state index contributed by atoms with van der Waals surface area (Å²) in [6.07, 6.45) is -0.0810. The largest absolute Gasteiger partial charge is 0.375 e. The first-order valence-electron chi connectivity index (χ1n) is 7.82. The molecule has 24 heavy (non-hydrogen) atoms. The average molecular weight is 339 g/mol. The van der Waals surface area contributed by atoms with E-state index in [0.29, 0.717) is 30.4 Å². The number of hydrogen-bond acceptors (Lipinski definition) is 5. The zero-order valence-electron chi connectivity index (χ0n) is 13.0. The summed E-state index contributed by atoms with van der Waals surface area (Å²) < 4.78 is 6.83. The van der Waals surface area contributed by atoms with Gasteiger partial charge in [0.1, 0.15) is 6.10 Å². The van der Waals surface area contributed by atoms with Gasteiger partial charge in [0.15, 0.2) is 5.13 Å². The highest BCUT2D eigenvalue weighted by atomic mass is 32.1. The summed E-state index contributed by atoms with van der Waals surface area (Å²) in [7, 11) is 0. The molecule has 2 N–H and O–H groups in total. The molecule has 1 saturated heterocycles. The number of amides is 1. The number of nitrogens with zero attached hydrogens (tertiary/aromatic N) is 2. The summed E-state index contributed by atoms with van der Waals surface area (Å²) in [6.45, 7) is 1.69. The van der Waals surface area contributed by atoms with Crippen molar-refractivity contribution < 1.29 is 9.53 Å². The third kappa shape index (κ3) is 2.86. The fourth-order valence-corrected chi connectivity index (χ4v) is 3.68. The molecule has 1 atom stereocenters. The zero-order chi connectivity index (χ0) is 16.5. The van der Waals surface area contributed by atoms with E-state index in [1.807, 2.05) is 53.4 Å². The number of benzene rings is 2. The summed E-state index contributed by atoms with van der Waals surface area (Å²) in [5, 5.41) is 0.519. The maximum absolute atomic E-state index is 12.8. The molecule has 3 aromatic rings. The van der Waals surface area contributed by atoms with Gasteiger partial charge in [0, 0.05) is 12.1 Å². The number of nitrogens with two attached hydrogens (primary N) is 1. The first-order chi connectivity index (χ1) is 11.7. The van der Waals surface area contributed by atoms with Crippen molar-refractivity contribution in [2.75, 3.05) is 25.4 Å². The lowest BCUT2D eigenvalue weighted by atomic mass is 10.1. The Labute approximate surface area is 143 Å². The van der Waals surface area contributed by atoms with Gasteiger partial charge in [0.25, 0.3) is 5.91 Å². The van der Waals surface area contributed by atoms with Crippen molar-refractivity contribution in [3.8, 4) is 0 Å². The summed E-state index contributed by atoms with van der Waals surface area (Å²) in [6, 6.07) is 15.6. The number of thiazole rings is 1. The Morgan fingerprint density at radius 1 is 1.25 bits per heavy atom. The van der Waals surface area contributed by atoms with Gasteiger partial charge in [-0.2, -0.15) is 0 Å². The molecular weight excluding hydrogens is 322 g/mol. The highest BCUT2D eigenvalue weighted by Gasteiger charge is 2.26. The number of carbonyl (C=O) groups excluding carboxylic acids is 1. The molecule has 2 aromatic carbocycles. The zero-order valence-corrected chi connectivity index (χ0v) is 13.8. The van der Waals surface area contributed by atoms with E-state index in [-0.39, 0.29) is 12.0 Å². The fraction of sp³-hybridized carbons (Fsp3) is 0.222. The van der Waals surface area contributed by atoms with Crippen LogP contribution >= 0.6 is 11.3 Å². The van der Waals surface area contributed by atoms with Crippen LogP contribution in [0.5, 0.6) is 0 Å². The standard InChI is InChI=1S/C18H17N3O2S/c19-18-20-14-10-13(6-7-16(14)24-18)17(22)21-8-9-23-15(11-21)12-4-2-1-3-5-12/h1-7,10,15H,8-9,11H2,(H2,19,20)/t15-/m1/s1. The third-order valence-corrected chi connectivity index (χ3v) is 5.04. The molecule has 1 amide bonds. The van der Waals surface area contributed by atoms with E-state index >= 15 is 0 Å². The van der Waals surface area contributed by atoms with E-state index in [0.717, 1.165) is 15.8 Å². The third-order valence-electron chi connectivity index (χ3n) is 4.18. The van der Waals surface area contributed by atoms with Gasteiger partial charge in [-0.1, -0.05) is 41.7 Å². The molecule has 6 heteroatoms. The molecule has 122 valence electrons. The number of ether oxygens (including phenoxy) is 1. The SMILES string of the molecule is Nc1nc2cc(C(=O)N3CCO[C@@H](c4ccccc4)C3)ccc2s1. The van der Waals surface area contributed by atoms with Gasteiger partial charge in [-0.3, -0.25) is 4.79 Å². The number of aromatic nitrogens is 1. The predicted octanol–water partition coefficient (Wildman–Crippen LogP) is 3.09. The number of fused-ring (bicyclic) bond motifs is 1. The van der Waals surface area contributed by atoms with Gasteiger partial charge in [0.05, 0.1) is 23.4 Å². The maximum atomic E-state index is 12.8. The van der Waals surface area contributed by atoms with Gasteiger partial charge in [-0.15, -0.1) is 0 Å². The molecular formula is C18H17N3O2S. The van der Waals surface area contributed by atoms with E-state index in [2.05, 4.69) is 4.98 Å². The van der Waals surface area contributed by atoms with Crippen molar-refractivity contribution in [3.63, 3.8) is 0 Å². The van der Waals surface area contributed by atoms with E-state index in [1.54, 1.807) is 0 Å². The van der Waals surface area contributed by atoms with Gasteiger partial charge < -0.3 is 15.4 Å². The number of rotatable bonds is 2. The van der Waals surface area contributed by atoms with Gasteiger partial charge in [0.2, 0.25) is 0 Å². The molecule has 1 aliphatic rings. The van der Waals surface area contributed by atoms with Crippen LogP contribution in [0.25, 0.3) is 10.2 Å². The van der Waals surface area contributed by atoms with Crippen LogP contribution < -0.4 is 5.73 Å². The molecule has 0 radical (unpaired) electrons. The number of anilines is 1. The molecule has 0 bridgehead atoms. The van der Waals surface area contributed by atoms with Gasteiger partial charge in [-0.25, -0.2) is 4.98 Å². The minimum atomic E-state index is -0.0810. The quantitative estimate of drug-likeness (QED) is 0.779. The van der Waals surface area contributed by atoms with E-state index in [1.165, 1.54) is 11.3 Å². The Hall–Kier alpha value is -2.44. The van der Waals surface area contributed by atoms with Crippen molar-refractivity contribution in [1.82, 2.24) is 9.88 Å². The summed E-state index contributed by atoms with van der Waals surface area (Å²) in [5.74, 6) is 0.00713. The van der Waals surface area contributed by atoms with Crippen molar-refractivity contribution in [2.45, 2.75) is 6.10 Å². The Bertz CT molecular complexity index is 878. The lowest BCUT2D eigenvalue weighted by molar-refractivity contribution is -0.0228. The molecule has 1 aromatic heterocycles. The highest BCUT2D eigenvalue weighted by molar-refractivity contribution is 7.22. The second-order valence-electron chi connectivity index (χ2n) is 5.76. The second kappa shape index (κ2) is 6.22. The Balaban J connectivity index is 1.56. The van der Waals surface area contributed by atoms with Crippen LogP contribution in [0.15, 0.2) is 48.5 Å². The van der Waals surface area contributed by atoms with E-state index < -0.39 is 0 Å². The number of morpholine rings is 1. The summed E-state index contributed by atoms with van der Waals surface area (Å²) in [4.78, 5) is 19.0. The van der Waals surface area contributed by atoms with Gasteiger partial charge >= 0.3 is 0 Å². The van der Waals surface area contributed by atoms with Crippen molar-refractivity contribution in [1.29, 1.82) is 0 Å². The van der Waals surface area contributed by atoms with Crippen LogP contribution in [0.4, 0.5) is 5.13 Å². The van der Waals surface area contributed by atoms with Crippen LogP contribution in [0.2, 0.25) is 0 Å². The van der Waals surface area contributed by atoms with Crippen molar-refractivity contribution in [3.05, 3.63) is 59.7 Å². The van der Waals surface area contributed by atoms with Crippen LogP contribution in [0, 0.1) is 0 Å². The number of hydrogen-bond donors (Lipinski definition) is 1. The lowest BCUT2D eigenvalue weighted by Gasteiger charge is -2.33. The normalized spacial score (nSPS) is 18.0. The smallest absolute Gasteiger partial charge is 0.254 e. The summed E-state index contributed by atoms with van der Waals surface area (Å²) in [5.41, 5.74) is 8.25. The molecule has 4 rings (SSSR count). The van der Waals surface area contributed by atoms with Crippen LogP contribution in [0.1, 0.15) is 22.0 Å². The molecule has 1 fully saturated rings. The Morgan fingerprint density at radius 2 is 2.08 bits per heavy atom. The number of carbonyl (C=O) groups is 1. The summed E-state index contributed by atoms with van der Waals surface area (Å²) >= 11 is 1.43. The van der Waals surface area contributed by atoms with Crippen molar-refractivity contribution >= 4 is 32.6 Å². The average Bonchev–Trinajstić information content (AvgIpc) is 3.01. The fourth-order valence-electron chi connectivity index (χ4n) is 2.96. The molecule has 2 heterocycles. The molecule has 0 aliphatic carbocycles. The van der Waals surface area contributed by atoms with Crippen molar-refractivity contribution in [2.24, 2.45) is 0 Å². The first kappa shape index (κ1) is 15.1. The Kier molecular flexibility index (Phi) is 3.92. The van der Waals surface area contributed by atoms with Crippen LogP contribution in [-0.4, -0.2) is 35.5 Å². The minimum absolute atomic E-state index is 0.00713. The predicted molar refractivity (Wildman–Crippen MR) is 95.1 cm³/mol. The molecule has 0 spiro atoms. The first-order valence-corrected chi connectivity index (χ1v) is 8.64. The monoisotopic (exact) mass is 339 g/mol. The topological polar surface area (TPSA) is 68.5 Å². The molecule has 1 aliphatic heterocycles. The minimum Gasteiger partial charge on any atom is -0.375 e. The highest BCUT2D eigenvalue weighted by Crippen LogP contribution is 2.26. The number of nitrogen functional groups attached to an aromatic ring is 1. The molecule has 0 saturated carbocycles. The molecule has 5 nitrogen and oxygen atoms in total. The molecule has 0 unspecified atom stereocenters. The van der Waals surface area contributed by atoms with Gasteiger partial charge in [-0.05, 0) is 23.8 Å². The Morgan fingerprint density at radius 3 is 2.92 bits per heavy atom. The van der Waals surface area contributed by atoms with E-state index in [9.17, 15) is 4.79 Å². The maximum Gasteiger partial charge on any atom is 0.254 e. The van der Waals surface area contributed by atoms with Crippen LogP contribution in [0.3, 0.4) is 0 Å². The van der Waals surface area contributed by atoms with Crippen LogP contribution in [-0.2, 0) is 4.74 Å². The second-order valence-corrected chi connectivity index (χ2v) is 6.82. The lowest BCUT2D eigenvalue weighted by Crippen LogP contribution is -2.42. The van der Waals surface area contributed by atoms with E-state index in [4.69, 9.17) is 10.5 Å².